The van der Waals surface area contributed by atoms with Crippen molar-refractivity contribution in [1.29, 1.82) is 0 Å². The number of hydrogen-bond acceptors (Lipinski definition) is 3. The summed E-state index contributed by atoms with van der Waals surface area (Å²) in [6, 6.07) is 9.37. The number of aliphatic imine (C=N–C) groups is 1. The van der Waals surface area contributed by atoms with Gasteiger partial charge in [0.25, 0.3) is 0 Å². The molecule has 154 valence electrons. The van der Waals surface area contributed by atoms with Gasteiger partial charge in [-0.3, -0.25) is 0 Å². The molecule has 0 unspecified atom stereocenters. The molecule has 0 fully saturated rings. The maximum Gasteiger partial charge on any atom is 0.422 e. The fourth-order valence-corrected chi connectivity index (χ4v) is 2.08. The molecular weight excluding hydrogens is 491 g/mol. The molecule has 2 aromatic rings. The number of alkyl halides is 3. The van der Waals surface area contributed by atoms with Crippen molar-refractivity contribution in [2.24, 2.45) is 4.99 Å². The maximum atomic E-state index is 13.7. The van der Waals surface area contributed by atoms with E-state index in [9.17, 15) is 17.6 Å². The second-order valence-electron chi connectivity index (χ2n) is 5.55. The normalized spacial score (nSPS) is 11.5. The molecule has 2 N–H and O–H groups in total. The van der Waals surface area contributed by atoms with Crippen LogP contribution in [0.3, 0.4) is 0 Å². The van der Waals surface area contributed by atoms with Crippen molar-refractivity contribution in [3.05, 3.63) is 59.5 Å². The summed E-state index contributed by atoms with van der Waals surface area (Å²) in [5.41, 5.74) is 1.20. The summed E-state index contributed by atoms with van der Waals surface area (Å²) in [6.45, 7) is 1.64. The monoisotopic (exact) mass is 512 g/mol. The van der Waals surface area contributed by atoms with E-state index in [2.05, 4.69) is 25.3 Å². The molecule has 1 aromatic carbocycles. The summed E-state index contributed by atoms with van der Waals surface area (Å²) < 4.78 is 54.6. The van der Waals surface area contributed by atoms with E-state index in [0.29, 0.717) is 23.6 Å². The molecule has 0 radical (unpaired) electrons. The van der Waals surface area contributed by atoms with Gasteiger partial charge in [0.2, 0.25) is 5.88 Å². The van der Waals surface area contributed by atoms with Crippen molar-refractivity contribution in [3.8, 4) is 5.88 Å². The fraction of sp³-hybridized carbons (Fsp3) is 0.333. The van der Waals surface area contributed by atoms with Gasteiger partial charge in [-0.05, 0) is 18.6 Å². The van der Waals surface area contributed by atoms with E-state index in [4.69, 9.17) is 0 Å². The molecule has 10 heteroatoms. The Labute approximate surface area is 177 Å². The molecule has 1 aromatic heterocycles. The minimum absolute atomic E-state index is 0. The molecule has 0 aliphatic heterocycles. The number of guanidine groups is 1. The lowest BCUT2D eigenvalue weighted by Crippen LogP contribution is -2.37. The largest absolute Gasteiger partial charge is 0.468 e. The number of rotatable bonds is 7. The minimum Gasteiger partial charge on any atom is -0.468 e. The highest BCUT2D eigenvalue weighted by Gasteiger charge is 2.28. The smallest absolute Gasteiger partial charge is 0.422 e. The van der Waals surface area contributed by atoms with E-state index in [1.165, 1.54) is 18.3 Å². The van der Waals surface area contributed by atoms with Crippen LogP contribution in [0.2, 0.25) is 0 Å². The zero-order valence-electron chi connectivity index (χ0n) is 15.1. The summed E-state index contributed by atoms with van der Waals surface area (Å²) in [5, 5.41) is 6.06. The molecule has 0 saturated carbocycles. The average Bonchev–Trinajstić information content (AvgIpc) is 2.64. The van der Waals surface area contributed by atoms with Gasteiger partial charge in [0, 0.05) is 30.9 Å². The van der Waals surface area contributed by atoms with Gasteiger partial charge >= 0.3 is 6.18 Å². The summed E-state index contributed by atoms with van der Waals surface area (Å²) in [6.07, 6.45) is -3.01. The summed E-state index contributed by atoms with van der Waals surface area (Å²) >= 11 is 0. The van der Waals surface area contributed by atoms with Crippen LogP contribution in [0.5, 0.6) is 5.88 Å². The van der Waals surface area contributed by atoms with Crippen LogP contribution in [-0.4, -0.2) is 30.3 Å². The van der Waals surface area contributed by atoms with Gasteiger partial charge < -0.3 is 15.4 Å². The van der Waals surface area contributed by atoms with E-state index in [1.807, 2.05) is 6.92 Å². The van der Waals surface area contributed by atoms with Crippen molar-refractivity contribution < 1.29 is 22.3 Å². The standard InChI is InChI=1S/C18H20F4N4O.HI/c1-2-23-17(26-11-14-5-3-4-6-15(14)19)25-10-13-7-8-16(24-9-13)27-12-18(20,21)22;/h3-9H,2,10-12H2,1H3,(H2,23,25,26);1H. The minimum atomic E-state index is -4.41. The molecule has 28 heavy (non-hydrogen) atoms. The van der Waals surface area contributed by atoms with Crippen LogP contribution >= 0.6 is 24.0 Å². The van der Waals surface area contributed by atoms with E-state index >= 15 is 0 Å². The highest BCUT2D eigenvalue weighted by molar-refractivity contribution is 14.0. The quantitative estimate of drug-likeness (QED) is 0.255. The third kappa shape index (κ3) is 8.72. The molecule has 2 rings (SSSR count). The van der Waals surface area contributed by atoms with Crippen LogP contribution < -0.4 is 15.4 Å². The number of hydrogen-bond donors (Lipinski definition) is 2. The van der Waals surface area contributed by atoms with Crippen LogP contribution in [0.25, 0.3) is 0 Å². The molecular formula is C18H21F4IN4O. The Morgan fingerprint density at radius 3 is 2.50 bits per heavy atom. The molecule has 0 aliphatic rings. The van der Waals surface area contributed by atoms with E-state index in [0.717, 1.165) is 0 Å². The van der Waals surface area contributed by atoms with Crippen molar-refractivity contribution in [1.82, 2.24) is 15.6 Å². The lowest BCUT2D eigenvalue weighted by molar-refractivity contribution is -0.154. The third-order valence-corrected chi connectivity index (χ3v) is 3.35. The number of ether oxygens (including phenoxy) is 1. The van der Waals surface area contributed by atoms with Crippen LogP contribution in [0.4, 0.5) is 17.6 Å². The van der Waals surface area contributed by atoms with E-state index in [-0.39, 0.29) is 48.8 Å². The van der Waals surface area contributed by atoms with Gasteiger partial charge in [-0.25, -0.2) is 14.4 Å². The zero-order valence-corrected chi connectivity index (χ0v) is 17.4. The number of pyridine rings is 1. The third-order valence-electron chi connectivity index (χ3n) is 3.35. The van der Waals surface area contributed by atoms with Gasteiger partial charge in [-0.2, -0.15) is 13.2 Å². The first-order valence-corrected chi connectivity index (χ1v) is 8.27. The zero-order chi connectivity index (χ0) is 19.7. The number of nitrogens with one attached hydrogen (secondary N) is 2. The van der Waals surface area contributed by atoms with Crippen LogP contribution in [-0.2, 0) is 13.1 Å². The predicted octanol–water partition coefficient (Wildman–Crippen LogP) is 4.04. The molecule has 1 heterocycles. The summed E-state index contributed by atoms with van der Waals surface area (Å²) in [5.74, 6) is 0.0716. The Morgan fingerprint density at radius 1 is 1.14 bits per heavy atom. The second kappa shape index (κ2) is 11.7. The first-order valence-electron chi connectivity index (χ1n) is 8.27. The molecule has 0 saturated heterocycles. The first-order chi connectivity index (χ1) is 12.9. The molecule has 0 aliphatic carbocycles. The predicted molar refractivity (Wildman–Crippen MR) is 109 cm³/mol. The van der Waals surface area contributed by atoms with E-state index < -0.39 is 12.8 Å². The molecule has 0 bridgehead atoms. The molecule has 5 nitrogen and oxygen atoms in total. The highest BCUT2D eigenvalue weighted by Crippen LogP contribution is 2.17. The van der Waals surface area contributed by atoms with Crippen LogP contribution in [0, 0.1) is 5.82 Å². The van der Waals surface area contributed by atoms with Crippen molar-refractivity contribution >= 4 is 29.9 Å². The molecule has 0 amide bonds. The van der Waals surface area contributed by atoms with Crippen molar-refractivity contribution in [2.45, 2.75) is 26.2 Å². The molecule has 0 atom stereocenters. The lowest BCUT2D eigenvalue weighted by Gasteiger charge is -2.12. The van der Waals surface area contributed by atoms with Crippen molar-refractivity contribution in [3.63, 3.8) is 0 Å². The Morgan fingerprint density at radius 2 is 1.89 bits per heavy atom. The van der Waals surface area contributed by atoms with Crippen LogP contribution in [0.1, 0.15) is 18.1 Å². The van der Waals surface area contributed by atoms with Crippen molar-refractivity contribution in [2.75, 3.05) is 13.2 Å². The van der Waals surface area contributed by atoms with Gasteiger partial charge in [0.1, 0.15) is 5.82 Å². The fourth-order valence-electron chi connectivity index (χ4n) is 2.08. The SMILES string of the molecule is CCNC(=NCc1ccc(OCC(F)(F)F)nc1)NCc1ccccc1F.I. The highest BCUT2D eigenvalue weighted by atomic mass is 127. The molecule has 0 spiro atoms. The first kappa shape index (κ1) is 23.9. The van der Waals surface area contributed by atoms with E-state index in [1.54, 1.807) is 24.3 Å². The summed E-state index contributed by atoms with van der Waals surface area (Å²) in [7, 11) is 0. The second-order valence-corrected chi connectivity index (χ2v) is 5.55. The van der Waals surface area contributed by atoms with Gasteiger partial charge in [0.05, 0.1) is 6.54 Å². The Bertz CT molecular complexity index is 754. The Hall–Kier alpha value is -2.11. The number of aromatic nitrogens is 1. The average molecular weight is 512 g/mol. The number of nitrogens with zero attached hydrogens (tertiary/aromatic N) is 2. The lowest BCUT2D eigenvalue weighted by atomic mass is 10.2. The number of halogens is 5. The summed E-state index contributed by atoms with van der Waals surface area (Å²) in [4.78, 5) is 8.18. The number of benzene rings is 1. The maximum absolute atomic E-state index is 13.7. The van der Waals surface area contributed by atoms with Gasteiger partial charge in [-0.1, -0.05) is 24.3 Å². The van der Waals surface area contributed by atoms with Gasteiger partial charge in [-0.15, -0.1) is 24.0 Å². The van der Waals surface area contributed by atoms with Crippen LogP contribution in [0.15, 0.2) is 47.6 Å². The van der Waals surface area contributed by atoms with Gasteiger partial charge in [0.15, 0.2) is 12.6 Å². The Kier molecular flexibility index (Phi) is 9.97. The topological polar surface area (TPSA) is 58.5 Å². The Balaban J connectivity index is 0.00000392.